The average molecular weight is 172 g/mol. The second-order valence-corrected chi connectivity index (χ2v) is 3.09. The second kappa shape index (κ2) is 7.25. The van der Waals surface area contributed by atoms with Gasteiger partial charge < -0.3 is 11.1 Å². The predicted molar refractivity (Wildman–Crippen MR) is 51.1 cm³/mol. The van der Waals surface area contributed by atoms with E-state index >= 15 is 0 Å². The molecule has 3 heteroatoms. The molecule has 0 spiro atoms. The molecule has 0 heterocycles. The predicted octanol–water partition coefficient (Wildman–Crippen LogP) is 0.682. The van der Waals surface area contributed by atoms with Gasteiger partial charge in [-0.3, -0.25) is 4.79 Å². The fraction of sp³-hybridized carbons (Fsp3) is 0.889. The van der Waals surface area contributed by atoms with E-state index in [9.17, 15) is 4.79 Å². The van der Waals surface area contributed by atoms with Gasteiger partial charge >= 0.3 is 0 Å². The van der Waals surface area contributed by atoms with Crippen molar-refractivity contribution in [3.63, 3.8) is 0 Å². The number of hydrogen-bond donors (Lipinski definition) is 2. The van der Waals surface area contributed by atoms with Crippen molar-refractivity contribution in [2.45, 2.75) is 38.6 Å². The molecule has 0 saturated carbocycles. The smallest absolute Gasteiger partial charge is 0.146 e. The molecular formula is C9H20N2O. The highest BCUT2D eigenvalue weighted by molar-refractivity contribution is 5.81. The van der Waals surface area contributed by atoms with Gasteiger partial charge in [0.05, 0.1) is 6.04 Å². The minimum Gasteiger partial charge on any atom is -0.330 e. The van der Waals surface area contributed by atoms with Crippen LogP contribution in [0, 0.1) is 0 Å². The SMILES string of the molecule is CN[C@@H](CCCCCN)C(C)=O. The number of nitrogens with two attached hydrogens (primary N) is 1. The second-order valence-electron chi connectivity index (χ2n) is 3.09. The third-order valence-corrected chi connectivity index (χ3v) is 2.04. The molecule has 1 atom stereocenters. The number of Topliss-reactive ketones (excluding diaryl/α,β-unsaturated/α-hetero) is 1. The van der Waals surface area contributed by atoms with Gasteiger partial charge in [-0.25, -0.2) is 0 Å². The Morgan fingerprint density at radius 2 is 2.08 bits per heavy atom. The molecule has 0 rings (SSSR count). The lowest BCUT2D eigenvalue weighted by Gasteiger charge is -2.11. The molecule has 0 fully saturated rings. The Bertz CT molecular complexity index is 126. The van der Waals surface area contributed by atoms with Crippen LogP contribution in [0.25, 0.3) is 0 Å². The number of carbonyl (C=O) groups excluding carboxylic acids is 1. The van der Waals surface area contributed by atoms with Crippen LogP contribution in [0.15, 0.2) is 0 Å². The molecule has 0 amide bonds. The zero-order chi connectivity index (χ0) is 9.40. The molecule has 0 aliphatic rings. The summed E-state index contributed by atoms with van der Waals surface area (Å²) in [7, 11) is 1.83. The highest BCUT2D eigenvalue weighted by Gasteiger charge is 2.09. The van der Waals surface area contributed by atoms with Gasteiger partial charge in [0.15, 0.2) is 0 Å². The third-order valence-electron chi connectivity index (χ3n) is 2.04. The first kappa shape index (κ1) is 11.6. The largest absolute Gasteiger partial charge is 0.330 e. The number of likely N-dealkylation sites (N-methyl/N-ethyl adjacent to an activating group) is 1. The lowest BCUT2D eigenvalue weighted by Crippen LogP contribution is -2.32. The summed E-state index contributed by atoms with van der Waals surface area (Å²) in [6.45, 7) is 2.38. The summed E-state index contributed by atoms with van der Waals surface area (Å²) in [5, 5.41) is 3.00. The Morgan fingerprint density at radius 3 is 2.50 bits per heavy atom. The van der Waals surface area contributed by atoms with Crippen molar-refractivity contribution in [3.8, 4) is 0 Å². The molecule has 3 nitrogen and oxygen atoms in total. The Morgan fingerprint density at radius 1 is 1.42 bits per heavy atom. The van der Waals surface area contributed by atoms with Gasteiger partial charge in [0.2, 0.25) is 0 Å². The molecule has 3 N–H and O–H groups in total. The van der Waals surface area contributed by atoms with Gasteiger partial charge in [-0.2, -0.15) is 0 Å². The quantitative estimate of drug-likeness (QED) is 0.555. The summed E-state index contributed by atoms with van der Waals surface area (Å²) in [5.41, 5.74) is 5.36. The maximum absolute atomic E-state index is 11.0. The van der Waals surface area contributed by atoms with Gasteiger partial charge in [0, 0.05) is 0 Å². The van der Waals surface area contributed by atoms with Gasteiger partial charge in [0.1, 0.15) is 5.78 Å². The van der Waals surface area contributed by atoms with Crippen LogP contribution in [0.5, 0.6) is 0 Å². The molecule has 12 heavy (non-hydrogen) atoms. The van der Waals surface area contributed by atoms with E-state index in [1.165, 1.54) is 0 Å². The van der Waals surface area contributed by atoms with Crippen molar-refractivity contribution in [1.29, 1.82) is 0 Å². The van der Waals surface area contributed by atoms with Gasteiger partial charge in [-0.15, -0.1) is 0 Å². The van der Waals surface area contributed by atoms with Gasteiger partial charge in [-0.05, 0) is 33.4 Å². The van der Waals surface area contributed by atoms with E-state index in [4.69, 9.17) is 5.73 Å². The molecule has 0 aromatic rings. The summed E-state index contributed by atoms with van der Waals surface area (Å²) in [5.74, 6) is 0.227. The van der Waals surface area contributed by atoms with Crippen LogP contribution in [-0.2, 0) is 4.79 Å². The fourth-order valence-corrected chi connectivity index (χ4v) is 1.22. The monoisotopic (exact) mass is 172 g/mol. The summed E-state index contributed by atoms with van der Waals surface area (Å²) >= 11 is 0. The van der Waals surface area contributed by atoms with Gasteiger partial charge in [0.25, 0.3) is 0 Å². The lowest BCUT2D eigenvalue weighted by molar-refractivity contribution is -0.119. The zero-order valence-electron chi connectivity index (χ0n) is 8.10. The van der Waals surface area contributed by atoms with E-state index in [2.05, 4.69) is 5.32 Å². The fourth-order valence-electron chi connectivity index (χ4n) is 1.22. The molecule has 0 aliphatic heterocycles. The molecule has 0 aromatic heterocycles. The van der Waals surface area contributed by atoms with Crippen molar-refractivity contribution in [2.75, 3.05) is 13.6 Å². The van der Waals surface area contributed by atoms with Crippen molar-refractivity contribution < 1.29 is 4.79 Å². The number of ketones is 1. The molecule has 0 unspecified atom stereocenters. The van der Waals surface area contributed by atoms with E-state index in [0.717, 1.165) is 32.2 Å². The normalized spacial score (nSPS) is 12.9. The van der Waals surface area contributed by atoms with Crippen LogP contribution >= 0.6 is 0 Å². The molecule has 0 radical (unpaired) electrons. The van der Waals surface area contributed by atoms with Crippen molar-refractivity contribution >= 4 is 5.78 Å². The number of unbranched alkanes of at least 4 members (excludes halogenated alkanes) is 2. The van der Waals surface area contributed by atoms with E-state index in [1.807, 2.05) is 7.05 Å². The minimum absolute atomic E-state index is 0.0442. The summed E-state index contributed by atoms with van der Waals surface area (Å²) in [4.78, 5) is 11.0. The Labute approximate surface area is 74.7 Å². The standard InChI is InChI=1S/C9H20N2O/c1-8(12)9(11-2)6-4-3-5-7-10/h9,11H,3-7,10H2,1-2H3/t9-/m0/s1. The first-order valence-corrected chi connectivity index (χ1v) is 4.60. The first-order chi connectivity index (χ1) is 5.72. The van der Waals surface area contributed by atoms with Crippen LogP contribution < -0.4 is 11.1 Å². The maximum atomic E-state index is 11.0. The number of nitrogens with one attached hydrogen (secondary N) is 1. The van der Waals surface area contributed by atoms with E-state index in [-0.39, 0.29) is 11.8 Å². The van der Waals surface area contributed by atoms with Crippen LogP contribution in [0.3, 0.4) is 0 Å². The van der Waals surface area contributed by atoms with E-state index in [0.29, 0.717) is 0 Å². The first-order valence-electron chi connectivity index (χ1n) is 4.60. The van der Waals surface area contributed by atoms with E-state index in [1.54, 1.807) is 6.92 Å². The zero-order valence-corrected chi connectivity index (χ0v) is 8.10. The van der Waals surface area contributed by atoms with Crippen LogP contribution in [0.4, 0.5) is 0 Å². The highest BCUT2D eigenvalue weighted by Crippen LogP contribution is 2.03. The minimum atomic E-state index is 0.0442. The number of rotatable bonds is 7. The molecule has 0 aliphatic carbocycles. The Balaban J connectivity index is 3.38. The molecule has 0 bridgehead atoms. The van der Waals surface area contributed by atoms with Crippen molar-refractivity contribution in [3.05, 3.63) is 0 Å². The van der Waals surface area contributed by atoms with Crippen LogP contribution in [0.1, 0.15) is 32.6 Å². The van der Waals surface area contributed by atoms with Crippen molar-refractivity contribution in [2.24, 2.45) is 5.73 Å². The molecule has 72 valence electrons. The highest BCUT2D eigenvalue weighted by atomic mass is 16.1. The Kier molecular flexibility index (Phi) is 7.00. The topological polar surface area (TPSA) is 55.1 Å². The molecular weight excluding hydrogens is 152 g/mol. The third kappa shape index (κ3) is 5.27. The number of hydrogen-bond acceptors (Lipinski definition) is 3. The maximum Gasteiger partial charge on any atom is 0.146 e. The summed E-state index contributed by atoms with van der Waals surface area (Å²) < 4.78 is 0. The molecule has 0 saturated heterocycles. The lowest BCUT2D eigenvalue weighted by atomic mass is 10.1. The van der Waals surface area contributed by atoms with Crippen LogP contribution in [-0.4, -0.2) is 25.4 Å². The molecule has 0 aromatic carbocycles. The Hall–Kier alpha value is -0.410. The summed E-state index contributed by atoms with van der Waals surface area (Å²) in [6.07, 6.45) is 4.21. The van der Waals surface area contributed by atoms with Crippen molar-refractivity contribution in [1.82, 2.24) is 5.32 Å². The van der Waals surface area contributed by atoms with E-state index < -0.39 is 0 Å². The number of carbonyl (C=O) groups is 1. The van der Waals surface area contributed by atoms with Crippen LogP contribution in [0.2, 0.25) is 0 Å². The van der Waals surface area contributed by atoms with Gasteiger partial charge in [-0.1, -0.05) is 12.8 Å². The summed E-state index contributed by atoms with van der Waals surface area (Å²) in [6, 6.07) is 0.0442. The average Bonchev–Trinajstić information content (AvgIpc) is 2.04.